The molecular formula is C18H26N2O8. The molecule has 0 atom stereocenters. The van der Waals surface area contributed by atoms with Crippen LogP contribution in [0.4, 0.5) is 9.59 Å². The standard InChI is InChI=1S/C18H26N2O8/c1-5-9-19-16(23)27-12-18(3,13-28-17(24)20-10-6-2)11-26-15(22)8-7-14(21)25-4/h5-8H,1-2,9-13H2,3-4H3,(H,19,23)(H,20,24)/b8-7-. The summed E-state index contributed by atoms with van der Waals surface area (Å²) >= 11 is 0. The van der Waals surface area contributed by atoms with Crippen LogP contribution in [0.3, 0.4) is 0 Å². The Kier molecular flexibility index (Phi) is 12.2. The Labute approximate surface area is 163 Å². The first-order chi connectivity index (χ1) is 13.3. The topological polar surface area (TPSA) is 129 Å². The Balaban J connectivity index is 4.82. The summed E-state index contributed by atoms with van der Waals surface area (Å²) in [5.74, 6) is -1.53. The fourth-order valence-corrected chi connectivity index (χ4v) is 1.52. The number of esters is 2. The van der Waals surface area contributed by atoms with Gasteiger partial charge in [-0.2, -0.15) is 0 Å². The number of nitrogens with one attached hydrogen (secondary N) is 2. The van der Waals surface area contributed by atoms with E-state index >= 15 is 0 Å². The van der Waals surface area contributed by atoms with Crippen molar-refractivity contribution in [2.24, 2.45) is 5.41 Å². The lowest BCUT2D eigenvalue weighted by Crippen LogP contribution is -2.39. The summed E-state index contributed by atoms with van der Waals surface area (Å²) in [4.78, 5) is 45.9. The lowest BCUT2D eigenvalue weighted by atomic mass is 9.94. The van der Waals surface area contributed by atoms with E-state index in [2.05, 4.69) is 28.5 Å². The first kappa shape index (κ1) is 24.7. The Bertz CT molecular complexity index is 572. The fourth-order valence-electron chi connectivity index (χ4n) is 1.52. The zero-order valence-corrected chi connectivity index (χ0v) is 16.0. The summed E-state index contributed by atoms with van der Waals surface area (Å²) < 4.78 is 19.5. The van der Waals surface area contributed by atoms with Gasteiger partial charge in [-0.3, -0.25) is 0 Å². The van der Waals surface area contributed by atoms with Gasteiger partial charge < -0.3 is 29.6 Å². The zero-order valence-electron chi connectivity index (χ0n) is 16.0. The molecule has 0 unspecified atom stereocenters. The molecule has 0 spiro atoms. The first-order valence-corrected chi connectivity index (χ1v) is 8.22. The van der Waals surface area contributed by atoms with Crippen LogP contribution in [0, 0.1) is 5.41 Å². The number of ether oxygens (including phenoxy) is 4. The van der Waals surface area contributed by atoms with E-state index in [0.717, 1.165) is 12.2 Å². The van der Waals surface area contributed by atoms with Crippen molar-refractivity contribution in [1.82, 2.24) is 10.6 Å². The minimum absolute atomic E-state index is 0.210. The number of hydrogen-bond acceptors (Lipinski definition) is 8. The fraction of sp³-hybridized carbons (Fsp3) is 0.444. The summed E-state index contributed by atoms with van der Waals surface area (Å²) in [6.45, 7) is 8.27. The van der Waals surface area contributed by atoms with Crippen LogP contribution in [0.15, 0.2) is 37.5 Å². The van der Waals surface area contributed by atoms with Gasteiger partial charge >= 0.3 is 24.1 Å². The number of carbonyl (C=O) groups excluding carboxylic acids is 4. The molecule has 28 heavy (non-hydrogen) atoms. The summed E-state index contributed by atoms with van der Waals surface area (Å²) in [6.07, 6.45) is 3.32. The number of hydrogen-bond donors (Lipinski definition) is 2. The van der Waals surface area contributed by atoms with Crippen molar-refractivity contribution >= 4 is 24.1 Å². The minimum atomic E-state index is -1.04. The highest BCUT2D eigenvalue weighted by Crippen LogP contribution is 2.19. The largest absolute Gasteiger partial charge is 0.466 e. The predicted octanol–water partition coefficient (Wildman–Crippen LogP) is 1.09. The lowest BCUT2D eigenvalue weighted by Gasteiger charge is -2.27. The van der Waals surface area contributed by atoms with Gasteiger partial charge in [-0.05, 0) is 6.92 Å². The van der Waals surface area contributed by atoms with Crippen molar-refractivity contribution in [2.75, 3.05) is 40.0 Å². The van der Waals surface area contributed by atoms with Crippen molar-refractivity contribution in [2.45, 2.75) is 6.92 Å². The molecule has 0 aromatic carbocycles. The molecule has 0 aliphatic rings. The Morgan fingerprint density at radius 3 is 1.68 bits per heavy atom. The third-order valence-electron chi connectivity index (χ3n) is 3.00. The maximum Gasteiger partial charge on any atom is 0.407 e. The van der Waals surface area contributed by atoms with Gasteiger partial charge in [0.15, 0.2) is 0 Å². The molecule has 2 amide bonds. The van der Waals surface area contributed by atoms with Gasteiger partial charge in [-0.1, -0.05) is 12.2 Å². The van der Waals surface area contributed by atoms with E-state index in [1.807, 2.05) is 0 Å². The quantitative estimate of drug-likeness (QED) is 0.216. The third-order valence-corrected chi connectivity index (χ3v) is 3.00. The van der Waals surface area contributed by atoms with Crippen molar-refractivity contribution in [3.8, 4) is 0 Å². The smallest absolute Gasteiger partial charge is 0.407 e. The predicted molar refractivity (Wildman–Crippen MR) is 99.3 cm³/mol. The maximum atomic E-state index is 11.7. The molecule has 0 aliphatic carbocycles. The van der Waals surface area contributed by atoms with Gasteiger partial charge in [0.2, 0.25) is 0 Å². The summed E-state index contributed by atoms with van der Waals surface area (Å²) in [6, 6.07) is 0. The van der Waals surface area contributed by atoms with E-state index in [1.165, 1.54) is 19.3 Å². The molecule has 0 aromatic rings. The van der Waals surface area contributed by atoms with E-state index in [-0.39, 0.29) is 32.9 Å². The first-order valence-electron chi connectivity index (χ1n) is 8.22. The average Bonchev–Trinajstić information content (AvgIpc) is 2.70. The number of rotatable bonds is 12. The highest BCUT2D eigenvalue weighted by atomic mass is 16.6. The lowest BCUT2D eigenvalue weighted by molar-refractivity contribution is -0.143. The maximum absolute atomic E-state index is 11.7. The van der Waals surface area contributed by atoms with Gasteiger partial charge in [0.05, 0.1) is 12.5 Å². The van der Waals surface area contributed by atoms with Gasteiger partial charge in [0.25, 0.3) is 0 Å². The molecule has 0 fully saturated rings. The van der Waals surface area contributed by atoms with Gasteiger partial charge in [0.1, 0.15) is 19.8 Å². The molecule has 156 valence electrons. The van der Waals surface area contributed by atoms with Crippen LogP contribution >= 0.6 is 0 Å². The molecule has 0 aliphatic heterocycles. The van der Waals surface area contributed by atoms with Crippen LogP contribution in [0.25, 0.3) is 0 Å². The van der Waals surface area contributed by atoms with Crippen LogP contribution in [-0.4, -0.2) is 64.1 Å². The van der Waals surface area contributed by atoms with E-state index in [0.29, 0.717) is 0 Å². The Morgan fingerprint density at radius 1 is 0.821 bits per heavy atom. The average molecular weight is 398 g/mol. The highest BCUT2D eigenvalue weighted by molar-refractivity contribution is 5.91. The van der Waals surface area contributed by atoms with Crippen molar-refractivity contribution in [1.29, 1.82) is 0 Å². The number of methoxy groups -OCH3 is 1. The number of carbonyl (C=O) groups is 4. The molecule has 10 nitrogen and oxygen atoms in total. The number of amides is 2. The normalized spacial score (nSPS) is 10.5. The van der Waals surface area contributed by atoms with E-state index < -0.39 is 29.5 Å². The van der Waals surface area contributed by atoms with Crippen LogP contribution in [0.5, 0.6) is 0 Å². The van der Waals surface area contributed by atoms with Crippen LogP contribution in [-0.2, 0) is 28.5 Å². The molecule has 0 bridgehead atoms. The second kappa shape index (κ2) is 13.8. The van der Waals surface area contributed by atoms with Crippen molar-refractivity contribution in [3.63, 3.8) is 0 Å². The SMILES string of the molecule is C=CCNC(=O)OCC(C)(COC(=O)/C=C\C(=O)OC)COC(=O)NCC=C. The molecule has 0 rings (SSSR count). The molecule has 0 heterocycles. The summed E-state index contributed by atoms with van der Waals surface area (Å²) in [5.41, 5.74) is -1.04. The molecule has 0 radical (unpaired) electrons. The zero-order chi connectivity index (χ0) is 21.4. The minimum Gasteiger partial charge on any atom is -0.466 e. The molecular weight excluding hydrogens is 372 g/mol. The van der Waals surface area contributed by atoms with Crippen molar-refractivity contribution < 1.29 is 38.1 Å². The van der Waals surface area contributed by atoms with Crippen LogP contribution < -0.4 is 10.6 Å². The van der Waals surface area contributed by atoms with Crippen LogP contribution in [0.2, 0.25) is 0 Å². The third kappa shape index (κ3) is 12.1. The van der Waals surface area contributed by atoms with Crippen LogP contribution in [0.1, 0.15) is 6.92 Å². The second-order valence-electron chi connectivity index (χ2n) is 5.77. The molecule has 0 saturated carbocycles. The Hall–Kier alpha value is -3.30. The van der Waals surface area contributed by atoms with Crippen molar-refractivity contribution in [3.05, 3.63) is 37.5 Å². The van der Waals surface area contributed by atoms with Gasteiger partial charge in [-0.25, -0.2) is 19.2 Å². The summed E-state index contributed by atoms with van der Waals surface area (Å²) in [7, 11) is 1.17. The number of alkyl carbamates (subject to hydrolysis) is 2. The molecule has 2 N–H and O–H groups in total. The second-order valence-corrected chi connectivity index (χ2v) is 5.77. The monoisotopic (exact) mass is 398 g/mol. The molecule has 10 heteroatoms. The highest BCUT2D eigenvalue weighted by Gasteiger charge is 2.30. The molecule has 0 saturated heterocycles. The van der Waals surface area contributed by atoms with Gasteiger partial charge in [0, 0.05) is 25.2 Å². The van der Waals surface area contributed by atoms with E-state index in [9.17, 15) is 19.2 Å². The Morgan fingerprint density at radius 2 is 1.25 bits per heavy atom. The van der Waals surface area contributed by atoms with Gasteiger partial charge in [-0.15, -0.1) is 13.2 Å². The summed E-state index contributed by atoms with van der Waals surface area (Å²) in [5, 5.41) is 4.84. The van der Waals surface area contributed by atoms with E-state index in [1.54, 1.807) is 6.92 Å². The molecule has 0 aromatic heterocycles. The van der Waals surface area contributed by atoms with E-state index in [4.69, 9.17) is 14.2 Å².